The molecule has 0 aliphatic carbocycles. The van der Waals surface area contributed by atoms with E-state index in [2.05, 4.69) is 55.4 Å². The van der Waals surface area contributed by atoms with Gasteiger partial charge in [-0.2, -0.15) is 0 Å². The van der Waals surface area contributed by atoms with Crippen LogP contribution in [-0.2, 0) is 65.4 Å². The zero-order valence-corrected chi connectivity index (χ0v) is 70.5. The molecule has 3 N–H and O–H groups in total. The molecule has 104 heavy (non-hydrogen) atoms. The van der Waals surface area contributed by atoms with E-state index >= 15 is 0 Å². The lowest BCUT2D eigenvalue weighted by atomic mass is 9.99. The van der Waals surface area contributed by atoms with Gasteiger partial charge in [0.15, 0.2) is 12.2 Å². The van der Waals surface area contributed by atoms with E-state index < -0.39 is 97.5 Å². The van der Waals surface area contributed by atoms with Gasteiger partial charge in [0.25, 0.3) is 0 Å². The second-order valence-corrected chi connectivity index (χ2v) is 34.9. The number of hydrogen-bond donors (Lipinski definition) is 3. The molecule has 0 heterocycles. The molecule has 7 atom stereocenters. The molecule has 0 rings (SSSR count). The van der Waals surface area contributed by atoms with E-state index in [4.69, 9.17) is 37.0 Å². The predicted molar refractivity (Wildman–Crippen MR) is 428 cm³/mol. The number of rotatable bonds is 82. The van der Waals surface area contributed by atoms with Gasteiger partial charge in [0.1, 0.15) is 19.3 Å². The van der Waals surface area contributed by atoms with Gasteiger partial charge < -0.3 is 33.8 Å². The summed E-state index contributed by atoms with van der Waals surface area (Å²) < 4.78 is 68.9. The number of carbonyl (C=O) groups excluding carboxylic acids is 4. The molecule has 0 saturated heterocycles. The summed E-state index contributed by atoms with van der Waals surface area (Å²) in [7, 11) is -9.93. The first-order valence-corrected chi connectivity index (χ1v) is 46.8. The molecule has 4 unspecified atom stereocenters. The van der Waals surface area contributed by atoms with E-state index in [1.165, 1.54) is 238 Å². The van der Waals surface area contributed by atoms with Gasteiger partial charge >= 0.3 is 39.5 Å². The molecule has 0 aliphatic heterocycles. The van der Waals surface area contributed by atoms with Crippen molar-refractivity contribution < 1.29 is 80.2 Å². The van der Waals surface area contributed by atoms with Crippen molar-refractivity contribution in [2.24, 2.45) is 23.7 Å². The molecule has 0 bridgehead atoms. The minimum atomic E-state index is -4.97. The topological polar surface area (TPSA) is 237 Å². The Morgan fingerprint density at radius 2 is 0.462 bits per heavy atom. The summed E-state index contributed by atoms with van der Waals surface area (Å²) in [6.45, 7) is 14.3. The van der Waals surface area contributed by atoms with Gasteiger partial charge in [-0.1, -0.05) is 389 Å². The molecule has 0 amide bonds. The van der Waals surface area contributed by atoms with E-state index in [0.717, 1.165) is 120 Å². The molecular formula is C85H166O17P2. The van der Waals surface area contributed by atoms with Crippen LogP contribution in [0.1, 0.15) is 441 Å². The average molecular weight is 1520 g/mol. The Morgan fingerprint density at radius 3 is 0.683 bits per heavy atom. The second-order valence-electron chi connectivity index (χ2n) is 32.0. The zero-order valence-electron chi connectivity index (χ0n) is 68.7. The zero-order chi connectivity index (χ0) is 76.7. The van der Waals surface area contributed by atoms with Gasteiger partial charge in [-0.25, -0.2) is 9.13 Å². The summed E-state index contributed by atoms with van der Waals surface area (Å²) in [5, 5.41) is 10.7. The molecule has 0 aromatic carbocycles. The first kappa shape index (κ1) is 102. The minimum absolute atomic E-state index is 0.107. The highest BCUT2D eigenvalue weighted by molar-refractivity contribution is 7.47. The highest BCUT2D eigenvalue weighted by atomic mass is 31.2. The van der Waals surface area contributed by atoms with Gasteiger partial charge in [-0.05, 0) is 49.4 Å². The van der Waals surface area contributed by atoms with Crippen LogP contribution in [0.5, 0.6) is 0 Å². The smallest absolute Gasteiger partial charge is 0.462 e. The Bertz CT molecular complexity index is 2030. The van der Waals surface area contributed by atoms with Crippen LogP contribution >= 0.6 is 15.6 Å². The van der Waals surface area contributed by atoms with Crippen LogP contribution in [-0.4, -0.2) is 96.7 Å². The molecule has 0 fully saturated rings. The summed E-state index contributed by atoms with van der Waals surface area (Å²) in [5.74, 6) is 1.08. The first-order valence-electron chi connectivity index (χ1n) is 43.8. The molecule has 0 aromatic rings. The Kier molecular flexibility index (Phi) is 72.5. The van der Waals surface area contributed by atoms with Crippen molar-refractivity contribution in [2.45, 2.75) is 459 Å². The van der Waals surface area contributed by atoms with Crippen molar-refractivity contribution >= 4 is 39.5 Å². The molecule has 0 radical (unpaired) electrons. The lowest BCUT2D eigenvalue weighted by molar-refractivity contribution is -0.161. The van der Waals surface area contributed by atoms with Crippen molar-refractivity contribution in [3.05, 3.63) is 0 Å². The second kappa shape index (κ2) is 73.8. The molecule has 618 valence electrons. The summed E-state index contributed by atoms with van der Waals surface area (Å²) in [6, 6.07) is 0. The largest absolute Gasteiger partial charge is 0.472 e. The van der Waals surface area contributed by atoms with Crippen molar-refractivity contribution in [1.82, 2.24) is 0 Å². The third-order valence-corrected chi connectivity index (χ3v) is 22.4. The highest BCUT2D eigenvalue weighted by Gasteiger charge is 2.30. The van der Waals surface area contributed by atoms with Crippen LogP contribution in [0.2, 0.25) is 0 Å². The minimum Gasteiger partial charge on any atom is -0.462 e. The number of aliphatic hydroxyl groups excluding tert-OH is 1. The summed E-state index contributed by atoms with van der Waals surface area (Å²) in [6.07, 6.45) is 62.4. The number of aliphatic hydroxyl groups is 1. The number of carbonyl (C=O) groups is 4. The Hall–Kier alpha value is -1.94. The van der Waals surface area contributed by atoms with Crippen LogP contribution in [0.4, 0.5) is 0 Å². The van der Waals surface area contributed by atoms with E-state index in [1.807, 2.05) is 0 Å². The third-order valence-electron chi connectivity index (χ3n) is 20.5. The quantitative estimate of drug-likeness (QED) is 0.0222. The number of ether oxygens (including phenoxy) is 4. The van der Waals surface area contributed by atoms with E-state index in [9.17, 15) is 43.2 Å². The van der Waals surface area contributed by atoms with Gasteiger partial charge in [0, 0.05) is 25.7 Å². The molecule has 0 aromatic heterocycles. The fourth-order valence-corrected chi connectivity index (χ4v) is 14.7. The fraction of sp³-hybridized carbons (Fsp3) is 0.953. The van der Waals surface area contributed by atoms with E-state index in [1.54, 1.807) is 0 Å². The monoisotopic (exact) mass is 1520 g/mol. The molecule has 0 aliphatic rings. The maximum absolute atomic E-state index is 13.1. The van der Waals surface area contributed by atoms with Crippen molar-refractivity contribution in [3.63, 3.8) is 0 Å². The van der Waals surface area contributed by atoms with Crippen LogP contribution in [0.15, 0.2) is 0 Å². The molecular weight excluding hydrogens is 1350 g/mol. The fourth-order valence-electron chi connectivity index (χ4n) is 13.1. The lowest BCUT2D eigenvalue weighted by Crippen LogP contribution is -2.30. The molecule has 17 nitrogen and oxygen atoms in total. The first-order chi connectivity index (χ1) is 50.2. The Balaban J connectivity index is 5.25. The van der Waals surface area contributed by atoms with Crippen molar-refractivity contribution in [2.75, 3.05) is 39.6 Å². The van der Waals surface area contributed by atoms with E-state index in [0.29, 0.717) is 25.7 Å². The SMILES string of the molecule is CCC(C)CCCCCCCCCCCCCCCCC(=O)OC[C@H](COP(=O)(O)OC[C@@H](O)COP(=O)(O)OC[C@@H](COC(=O)CCCCCCCCC(C)CC)OC(=O)CCCCCCCCCCCCCCCCCC(C)C)OC(=O)CCCCCCCCCCCCCCCCCC(C)C. The van der Waals surface area contributed by atoms with Crippen LogP contribution in [0.3, 0.4) is 0 Å². The standard InChI is InChI=1S/C85H166O17P2/c1-9-77(7)63-55-47-39-33-27-21-17-18-22-28-34-40-49-57-65-82(87)95-71-80(101-84(89)67-59-51-41-35-29-23-15-11-13-19-25-31-37-45-53-61-75(3)4)73-99-103(91,92)97-69-79(86)70-98-104(93,94)100-74-81(72-96-83(88)66-58-50-44-43-48-56-64-78(8)10-2)102-85(90)68-60-52-42-36-30-24-16-12-14-20-26-32-38-46-54-62-76(5)6/h75-81,86H,9-74H2,1-8H3,(H,91,92)(H,93,94)/t77?,78?,79-,80-,81-/m1/s1. The van der Waals surface area contributed by atoms with Gasteiger partial charge in [0.05, 0.1) is 26.4 Å². The van der Waals surface area contributed by atoms with Crippen LogP contribution in [0.25, 0.3) is 0 Å². The van der Waals surface area contributed by atoms with Gasteiger partial charge in [-0.15, -0.1) is 0 Å². The third kappa shape index (κ3) is 75.5. The Morgan fingerprint density at radius 1 is 0.269 bits per heavy atom. The molecule has 0 spiro atoms. The number of esters is 4. The molecule has 19 heteroatoms. The van der Waals surface area contributed by atoms with Gasteiger partial charge in [-0.3, -0.25) is 37.3 Å². The van der Waals surface area contributed by atoms with E-state index in [-0.39, 0.29) is 25.7 Å². The van der Waals surface area contributed by atoms with Crippen molar-refractivity contribution in [3.8, 4) is 0 Å². The molecule has 0 saturated carbocycles. The number of phosphoric ester groups is 2. The maximum atomic E-state index is 13.1. The number of phosphoric acid groups is 2. The number of hydrogen-bond acceptors (Lipinski definition) is 15. The average Bonchev–Trinajstić information content (AvgIpc) is 0.948. The highest BCUT2D eigenvalue weighted by Crippen LogP contribution is 2.45. The maximum Gasteiger partial charge on any atom is 0.472 e. The summed E-state index contributed by atoms with van der Waals surface area (Å²) >= 11 is 0. The van der Waals surface area contributed by atoms with Crippen LogP contribution in [0, 0.1) is 23.7 Å². The van der Waals surface area contributed by atoms with Crippen LogP contribution < -0.4 is 0 Å². The lowest BCUT2D eigenvalue weighted by Gasteiger charge is -2.21. The summed E-state index contributed by atoms with van der Waals surface area (Å²) in [5.41, 5.74) is 0. The van der Waals surface area contributed by atoms with Crippen molar-refractivity contribution in [1.29, 1.82) is 0 Å². The Labute approximate surface area is 638 Å². The number of unbranched alkanes of at least 4 members (excludes halogenated alkanes) is 46. The predicted octanol–water partition coefficient (Wildman–Crippen LogP) is 25.6. The van der Waals surface area contributed by atoms with Gasteiger partial charge in [0.2, 0.25) is 0 Å². The normalized spacial score (nSPS) is 14.5. The summed E-state index contributed by atoms with van der Waals surface area (Å²) in [4.78, 5) is 73.2.